The highest BCUT2D eigenvalue weighted by Gasteiger charge is 2.38. The van der Waals surface area contributed by atoms with Crippen molar-refractivity contribution in [2.45, 2.75) is 77.6 Å². The number of carboxylic acid groups (broad SMARTS) is 1. The summed E-state index contributed by atoms with van der Waals surface area (Å²) in [6.07, 6.45) is 3.33. The number of carboxylic acids is 1. The summed E-state index contributed by atoms with van der Waals surface area (Å²) < 4.78 is 5.80. The van der Waals surface area contributed by atoms with E-state index in [1.165, 1.54) is 0 Å². The van der Waals surface area contributed by atoms with Gasteiger partial charge in [-0.1, -0.05) is 13.8 Å². The van der Waals surface area contributed by atoms with Crippen LogP contribution in [0.3, 0.4) is 0 Å². The number of carbonyl (C=O) groups is 3. The molecule has 1 aromatic heterocycles. The van der Waals surface area contributed by atoms with Gasteiger partial charge < -0.3 is 9.52 Å². The molecular formula is C19H28O5. The minimum absolute atomic E-state index is 0.0672. The molecule has 0 saturated heterocycles. The topological polar surface area (TPSA) is 84.6 Å². The molecule has 24 heavy (non-hydrogen) atoms. The van der Waals surface area contributed by atoms with E-state index in [1.807, 2.05) is 19.9 Å². The van der Waals surface area contributed by atoms with Gasteiger partial charge in [0.1, 0.15) is 23.1 Å². The molecule has 0 bridgehead atoms. The maximum absolute atomic E-state index is 12.7. The normalized spacial score (nSPS) is 13.5. The third-order valence-corrected chi connectivity index (χ3v) is 4.32. The first-order chi connectivity index (χ1) is 11.3. The Hall–Kier alpha value is -1.91. The summed E-state index contributed by atoms with van der Waals surface area (Å²) in [7, 11) is 0. The molecule has 134 valence electrons. The lowest BCUT2D eigenvalue weighted by Crippen LogP contribution is -2.33. The quantitative estimate of drug-likeness (QED) is 0.622. The third kappa shape index (κ3) is 5.62. The van der Waals surface area contributed by atoms with Gasteiger partial charge in [-0.3, -0.25) is 14.4 Å². The fourth-order valence-corrected chi connectivity index (χ4v) is 2.74. The maximum Gasteiger partial charge on any atom is 0.303 e. The van der Waals surface area contributed by atoms with Crippen LogP contribution in [-0.4, -0.2) is 22.6 Å². The highest BCUT2D eigenvalue weighted by molar-refractivity contribution is 5.92. The van der Waals surface area contributed by atoms with Crippen molar-refractivity contribution in [3.8, 4) is 0 Å². The minimum atomic E-state index is -1.00. The lowest BCUT2D eigenvalue weighted by Gasteiger charge is -2.25. The molecular weight excluding hydrogens is 308 g/mol. The Balaban J connectivity index is 2.93. The summed E-state index contributed by atoms with van der Waals surface area (Å²) in [5.41, 5.74) is -1.00. The second-order valence-corrected chi connectivity index (χ2v) is 6.45. The molecule has 1 unspecified atom stereocenters. The van der Waals surface area contributed by atoms with Crippen LogP contribution in [0.4, 0.5) is 0 Å². The van der Waals surface area contributed by atoms with Gasteiger partial charge in [-0.05, 0) is 38.3 Å². The van der Waals surface area contributed by atoms with Gasteiger partial charge in [0.2, 0.25) is 0 Å². The highest BCUT2D eigenvalue weighted by Crippen LogP contribution is 2.33. The number of rotatable bonds is 12. The molecule has 0 aliphatic heterocycles. The van der Waals surface area contributed by atoms with Crippen LogP contribution in [0.2, 0.25) is 0 Å². The van der Waals surface area contributed by atoms with Crippen molar-refractivity contribution in [1.29, 1.82) is 0 Å². The average Bonchev–Trinajstić information content (AvgIpc) is 3.00. The number of furan rings is 1. The fourth-order valence-electron chi connectivity index (χ4n) is 2.74. The van der Waals surface area contributed by atoms with Gasteiger partial charge >= 0.3 is 5.97 Å². The molecule has 1 atom stereocenters. The molecule has 0 aliphatic carbocycles. The largest absolute Gasteiger partial charge is 0.481 e. The van der Waals surface area contributed by atoms with E-state index in [0.717, 1.165) is 25.0 Å². The summed E-state index contributed by atoms with van der Waals surface area (Å²) in [4.78, 5) is 35.4. The molecule has 0 spiro atoms. The van der Waals surface area contributed by atoms with E-state index >= 15 is 0 Å². The second kappa shape index (κ2) is 9.40. The second-order valence-electron chi connectivity index (χ2n) is 6.45. The van der Waals surface area contributed by atoms with Gasteiger partial charge in [0, 0.05) is 32.1 Å². The number of aryl methyl sites for hydroxylation is 1. The molecule has 1 N–H and O–H groups in total. The molecule has 0 saturated carbocycles. The lowest BCUT2D eigenvalue weighted by atomic mass is 9.77. The zero-order chi connectivity index (χ0) is 18.2. The Labute approximate surface area is 143 Å². The Bertz CT molecular complexity index is 572. The van der Waals surface area contributed by atoms with Crippen LogP contribution >= 0.6 is 0 Å². The Morgan fingerprint density at radius 2 is 1.75 bits per heavy atom. The van der Waals surface area contributed by atoms with E-state index < -0.39 is 11.4 Å². The van der Waals surface area contributed by atoms with Crippen LogP contribution in [0.25, 0.3) is 0 Å². The van der Waals surface area contributed by atoms with E-state index in [4.69, 9.17) is 9.52 Å². The number of carbonyl (C=O) groups excluding carboxylic acids is 2. The predicted octanol–water partition coefficient (Wildman–Crippen LogP) is 4.07. The number of hydrogen-bond acceptors (Lipinski definition) is 4. The molecule has 5 nitrogen and oxygen atoms in total. The van der Waals surface area contributed by atoms with E-state index in [-0.39, 0.29) is 37.2 Å². The number of Topliss-reactive ketones (excluding diaryl/α,β-unsaturated/α-hetero) is 2. The molecule has 1 rings (SSSR count). The van der Waals surface area contributed by atoms with Crippen LogP contribution < -0.4 is 0 Å². The van der Waals surface area contributed by atoms with Gasteiger partial charge in [0.05, 0.1) is 5.41 Å². The first-order valence-electron chi connectivity index (χ1n) is 8.69. The van der Waals surface area contributed by atoms with Crippen molar-refractivity contribution in [3.05, 3.63) is 23.7 Å². The molecule has 5 heteroatoms. The summed E-state index contributed by atoms with van der Waals surface area (Å²) in [5.74, 6) is 0.281. The van der Waals surface area contributed by atoms with Crippen molar-refractivity contribution < 1.29 is 23.9 Å². The monoisotopic (exact) mass is 336 g/mol. The fraction of sp³-hybridized carbons (Fsp3) is 0.632. The maximum atomic E-state index is 12.7. The van der Waals surface area contributed by atoms with Crippen LogP contribution in [0.15, 0.2) is 16.5 Å². The standard InChI is InChI=1S/C19H28O5/c1-4-6-14(20)8-10-16(21)19(3,13-12-18(22)23)17-11-9-15(24-17)7-5-2/h9,11H,4-8,10,12-13H2,1-3H3,(H,22,23). The summed E-state index contributed by atoms with van der Waals surface area (Å²) in [6, 6.07) is 3.60. The van der Waals surface area contributed by atoms with Gasteiger partial charge in [-0.2, -0.15) is 0 Å². The van der Waals surface area contributed by atoms with Crippen LogP contribution in [-0.2, 0) is 26.2 Å². The van der Waals surface area contributed by atoms with Crippen molar-refractivity contribution in [1.82, 2.24) is 0 Å². The highest BCUT2D eigenvalue weighted by atomic mass is 16.4. The van der Waals surface area contributed by atoms with Gasteiger partial charge in [0.15, 0.2) is 0 Å². The minimum Gasteiger partial charge on any atom is -0.481 e. The van der Waals surface area contributed by atoms with Crippen LogP contribution in [0, 0.1) is 0 Å². The molecule has 0 aromatic carbocycles. The van der Waals surface area contributed by atoms with Crippen LogP contribution in [0.1, 0.15) is 77.2 Å². The third-order valence-electron chi connectivity index (χ3n) is 4.32. The molecule has 0 radical (unpaired) electrons. The zero-order valence-corrected chi connectivity index (χ0v) is 14.9. The smallest absolute Gasteiger partial charge is 0.303 e. The molecule has 0 fully saturated rings. The number of hydrogen-bond donors (Lipinski definition) is 1. The van der Waals surface area contributed by atoms with Gasteiger partial charge in [-0.25, -0.2) is 0 Å². The molecule has 0 amide bonds. The Morgan fingerprint density at radius 1 is 1.04 bits per heavy atom. The van der Waals surface area contributed by atoms with E-state index in [0.29, 0.717) is 12.2 Å². The molecule has 1 aromatic rings. The number of ketones is 2. The summed E-state index contributed by atoms with van der Waals surface area (Å²) in [5, 5.41) is 8.99. The Morgan fingerprint density at radius 3 is 2.33 bits per heavy atom. The average molecular weight is 336 g/mol. The van der Waals surface area contributed by atoms with Crippen molar-refractivity contribution in [2.24, 2.45) is 0 Å². The van der Waals surface area contributed by atoms with Gasteiger partial charge in [-0.15, -0.1) is 0 Å². The first-order valence-corrected chi connectivity index (χ1v) is 8.69. The SMILES string of the molecule is CCCC(=O)CCC(=O)C(C)(CCC(=O)O)c1ccc(CCC)o1. The van der Waals surface area contributed by atoms with Crippen LogP contribution in [0.5, 0.6) is 0 Å². The van der Waals surface area contributed by atoms with Crippen molar-refractivity contribution in [2.75, 3.05) is 0 Å². The van der Waals surface area contributed by atoms with E-state index in [9.17, 15) is 14.4 Å². The molecule has 0 aliphatic rings. The summed E-state index contributed by atoms with van der Waals surface area (Å²) in [6.45, 7) is 5.68. The predicted molar refractivity (Wildman–Crippen MR) is 91.1 cm³/mol. The van der Waals surface area contributed by atoms with E-state index in [1.54, 1.807) is 13.0 Å². The van der Waals surface area contributed by atoms with Gasteiger partial charge in [0.25, 0.3) is 0 Å². The van der Waals surface area contributed by atoms with Crippen molar-refractivity contribution in [3.63, 3.8) is 0 Å². The Kier molecular flexibility index (Phi) is 7.89. The first kappa shape index (κ1) is 20.1. The zero-order valence-electron chi connectivity index (χ0n) is 14.9. The van der Waals surface area contributed by atoms with E-state index in [2.05, 4.69) is 0 Å². The lowest BCUT2D eigenvalue weighted by molar-refractivity contribution is -0.138. The van der Waals surface area contributed by atoms with Crippen molar-refractivity contribution >= 4 is 17.5 Å². The summed E-state index contributed by atoms with van der Waals surface area (Å²) >= 11 is 0. The number of aliphatic carboxylic acids is 1. The molecule has 1 heterocycles.